The molecule has 1 amide bonds. The number of ether oxygens (including phenoxy) is 2. The molecule has 6 heteroatoms. The van der Waals surface area contributed by atoms with E-state index in [4.69, 9.17) is 9.47 Å². The normalized spacial score (nSPS) is 15.1. The molecule has 1 aliphatic heterocycles. The van der Waals surface area contributed by atoms with E-state index in [1.165, 1.54) is 11.1 Å². The van der Waals surface area contributed by atoms with E-state index in [-0.39, 0.29) is 5.91 Å². The minimum absolute atomic E-state index is 0.107. The third-order valence-electron chi connectivity index (χ3n) is 5.38. The van der Waals surface area contributed by atoms with E-state index >= 15 is 0 Å². The topological polar surface area (TPSA) is 56.6 Å². The van der Waals surface area contributed by atoms with Crippen molar-refractivity contribution in [2.45, 2.75) is 39.3 Å². The molecule has 1 aromatic heterocycles. The Morgan fingerprint density at radius 3 is 2.50 bits per heavy atom. The second-order valence-electron chi connectivity index (χ2n) is 7.33. The highest BCUT2D eigenvalue weighted by Gasteiger charge is 2.25. The molecule has 152 valence electrons. The lowest BCUT2D eigenvalue weighted by Gasteiger charge is -2.32. The van der Waals surface area contributed by atoms with Crippen LogP contribution in [0.3, 0.4) is 0 Å². The lowest BCUT2D eigenvalue weighted by atomic mass is 9.90. The second kappa shape index (κ2) is 10.4. The number of benzene rings is 1. The molecule has 0 bridgehead atoms. The molecule has 0 aliphatic carbocycles. The Balaban J connectivity index is 1.44. The molecule has 0 radical (unpaired) electrons. The van der Waals surface area contributed by atoms with Crippen LogP contribution in [-0.2, 0) is 29.0 Å². The van der Waals surface area contributed by atoms with Crippen LogP contribution in [-0.4, -0.2) is 54.0 Å². The summed E-state index contributed by atoms with van der Waals surface area (Å²) in [6, 6.07) is 10.5. The highest BCUT2D eigenvalue weighted by atomic mass is 16.5. The van der Waals surface area contributed by atoms with Crippen molar-refractivity contribution in [2.75, 3.05) is 33.4 Å². The van der Waals surface area contributed by atoms with Crippen LogP contribution in [0.5, 0.6) is 0 Å². The summed E-state index contributed by atoms with van der Waals surface area (Å²) < 4.78 is 12.3. The van der Waals surface area contributed by atoms with Gasteiger partial charge in [-0.15, -0.1) is 0 Å². The molecule has 1 fully saturated rings. The Morgan fingerprint density at radius 1 is 1.11 bits per heavy atom. The Labute approximate surface area is 167 Å². The third kappa shape index (κ3) is 5.42. The summed E-state index contributed by atoms with van der Waals surface area (Å²) in [7, 11) is 1.68. The maximum absolute atomic E-state index is 12.7. The van der Waals surface area contributed by atoms with E-state index in [0.717, 1.165) is 38.9 Å². The zero-order chi connectivity index (χ0) is 19.8. The maximum atomic E-state index is 12.7. The van der Waals surface area contributed by atoms with Crippen LogP contribution in [0, 0.1) is 5.92 Å². The van der Waals surface area contributed by atoms with E-state index < -0.39 is 0 Å². The van der Waals surface area contributed by atoms with Gasteiger partial charge in [0.05, 0.1) is 19.8 Å². The molecule has 1 aliphatic rings. The number of aryl methyl sites for hydroxylation is 1. The molecule has 1 aromatic carbocycles. The molecule has 0 saturated carbocycles. The van der Waals surface area contributed by atoms with Crippen LogP contribution >= 0.6 is 0 Å². The number of piperidine rings is 1. The Hall–Kier alpha value is -2.18. The molecule has 0 unspecified atom stereocenters. The monoisotopic (exact) mass is 385 g/mol. The first-order valence-corrected chi connectivity index (χ1v) is 10.2. The molecule has 3 rings (SSSR count). The predicted octanol–water partition coefficient (Wildman–Crippen LogP) is 3.16. The summed E-state index contributed by atoms with van der Waals surface area (Å²) in [5.41, 5.74) is 3.24. The standard InChI is InChI=1S/C22H31N3O3/c1-3-25-21(8-11-23-25)22(26)24-12-9-19(10-13-24)16-18-4-6-20(7-5-18)17-28-15-14-27-2/h4-8,11,19H,3,9-10,12-17H2,1-2H3. The summed E-state index contributed by atoms with van der Waals surface area (Å²) in [4.78, 5) is 14.7. The van der Waals surface area contributed by atoms with Gasteiger partial charge in [-0.05, 0) is 49.3 Å². The molecule has 2 heterocycles. The number of amides is 1. The molecule has 1 saturated heterocycles. The van der Waals surface area contributed by atoms with Crippen LogP contribution in [0.1, 0.15) is 41.4 Å². The SMILES string of the molecule is CCn1nccc1C(=O)N1CCC(Cc2ccc(COCCOC)cc2)CC1. The number of rotatable bonds is 9. The van der Waals surface area contributed by atoms with Crippen molar-refractivity contribution < 1.29 is 14.3 Å². The molecule has 28 heavy (non-hydrogen) atoms. The van der Waals surface area contributed by atoms with E-state index in [9.17, 15) is 4.79 Å². The second-order valence-corrected chi connectivity index (χ2v) is 7.33. The minimum atomic E-state index is 0.107. The van der Waals surface area contributed by atoms with E-state index in [1.54, 1.807) is 18.0 Å². The molecule has 0 atom stereocenters. The van der Waals surface area contributed by atoms with Crippen molar-refractivity contribution in [1.82, 2.24) is 14.7 Å². The van der Waals surface area contributed by atoms with Crippen molar-refractivity contribution >= 4 is 5.91 Å². The van der Waals surface area contributed by atoms with Crippen LogP contribution in [0.25, 0.3) is 0 Å². The van der Waals surface area contributed by atoms with E-state index in [0.29, 0.717) is 31.4 Å². The summed E-state index contributed by atoms with van der Waals surface area (Å²) in [5, 5.41) is 4.21. The van der Waals surface area contributed by atoms with Gasteiger partial charge in [-0.2, -0.15) is 5.10 Å². The van der Waals surface area contributed by atoms with Crippen molar-refractivity contribution in [3.63, 3.8) is 0 Å². The smallest absolute Gasteiger partial charge is 0.272 e. The van der Waals surface area contributed by atoms with Gasteiger partial charge in [0.1, 0.15) is 5.69 Å². The first-order chi connectivity index (χ1) is 13.7. The molecule has 0 spiro atoms. The first kappa shape index (κ1) is 20.6. The Morgan fingerprint density at radius 2 is 1.82 bits per heavy atom. The van der Waals surface area contributed by atoms with E-state index in [2.05, 4.69) is 29.4 Å². The summed E-state index contributed by atoms with van der Waals surface area (Å²) in [6.07, 6.45) is 4.87. The van der Waals surface area contributed by atoms with Gasteiger partial charge in [0, 0.05) is 32.9 Å². The van der Waals surface area contributed by atoms with E-state index in [1.807, 2.05) is 17.9 Å². The lowest BCUT2D eigenvalue weighted by molar-refractivity contribution is 0.0616. The van der Waals surface area contributed by atoms with Crippen LogP contribution < -0.4 is 0 Å². The third-order valence-corrected chi connectivity index (χ3v) is 5.38. The number of aromatic nitrogens is 2. The molecule has 6 nitrogen and oxygen atoms in total. The molecule has 0 N–H and O–H groups in total. The zero-order valence-electron chi connectivity index (χ0n) is 17.0. The Bertz CT molecular complexity index is 734. The van der Waals surface area contributed by atoms with Crippen molar-refractivity contribution in [3.8, 4) is 0 Å². The van der Waals surface area contributed by atoms with Crippen LogP contribution in [0.15, 0.2) is 36.5 Å². The molecular weight excluding hydrogens is 354 g/mol. The fourth-order valence-corrected chi connectivity index (χ4v) is 3.71. The van der Waals surface area contributed by atoms with Gasteiger partial charge < -0.3 is 14.4 Å². The number of carbonyl (C=O) groups is 1. The van der Waals surface area contributed by atoms with Gasteiger partial charge in [-0.3, -0.25) is 9.48 Å². The predicted molar refractivity (Wildman–Crippen MR) is 108 cm³/mol. The molecular formula is C22H31N3O3. The number of carbonyl (C=O) groups excluding carboxylic acids is 1. The highest BCUT2D eigenvalue weighted by Crippen LogP contribution is 2.23. The summed E-state index contributed by atoms with van der Waals surface area (Å²) in [6.45, 7) is 6.24. The van der Waals surface area contributed by atoms with Crippen LogP contribution in [0.4, 0.5) is 0 Å². The Kier molecular flexibility index (Phi) is 7.62. The first-order valence-electron chi connectivity index (χ1n) is 10.2. The van der Waals surface area contributed by atoms with Crippen molar-refractivity contribution in [2.24, 2.45) is 5.92 Å². The zero-order valence-corrected chi connectivity index (χ0v) is 17.0. The number of likely N-dealkylation sites (tertiary alicyclic amines) is 1. The van der Waals surface area contributed by atoms with Gasteiger partial charge in [0.25, 0.3) is 5.91 Å². The number of hydrogen-bond acceptors (Lipinski definition) is 4. The van der Waals surface area contributed by atoms with Crippen LogP contribution in [0.2, 0.25) is 0 Å². The number of nitrogens with zero attached hydrogens (tertiary/aromatic N) is 3. The minimum Gasteiger partial charge on any atom is -0.382 e. The summed E-state index contributed by atoms with van der Waals surface area (Å²) >= 11 is 0. The van der Waals surface area contributed by atoms with Gasteiger partial charge >= 0.3 is 0 Å². The van der Waals surface area contributed by atoms with Gasteiger partial charge in [-0.1, -0.05) is 24.3 Å². The fourth-order valence-electron chi connectivity index (χ4n) is 3.71. The fraction of sp³-hybridized carbons (Fsp3) is 0.545. The van der Waals surface area contributed by atoms with Gasteiger partial charge in [0.2, 0.25) is 0 Å². The van der Waals surface area contributed by atoms with Gasteiger partial charge in [-0.25, -0.2) is 0 Å². The van der Waals surface area contributed by atoms with Gasteiger partial charge in [0.15, 0.2) is 0 Å². The highest BCUT2D eigenvalue weighted by molar-refractivity contribution is 5.92. The van der Waals surface area contributed by atoms with Crippen molar-refractivity contribution in [1.29, 1.82) is 0 Å². The molecule has 2 aromatic rings. The lowest BCUT2D eigenvalue weighted by Crippen LogP contribution is -2.39. The average molecular weight is 386 g/mol. The summed E-state index contributed by atoms with van der Waals surface area (Å²) in [5.74, 6) is 0.736. The van der Waals surface area contributed by atoms with Crippen molar-refractivity contribution in [3.05, 3.63) is 53.3 Å². The maximum Gasteiger partial charge on any atom is 0.272 e. The quantitative estimate of drug-likeness (QED) is 0.622. The largest absolute Gasteiger partial charge is 0.382 e. The number of hydrogen-bond donors (Lipinski definition) is 0. The number of methoxy groups -OCH3 is 1. The average Bonchev–Trinajstić information content (AvgIpc) is 3.21.